The van der Waals surface area contributed by atoms with Gasteiger partial charge < -0.3 is 0 Å². The molecule has 4 unspecified atom stereocenters. The maximum absolute atomic E-state index is 12.0. The molecule has 0 bridgehead atoms. The fraction of sp³-hybridized carbons (Fsp3) is 0.800. The molecule has 1 nitrogen and oxygen atoms in total. The second kappa shape index (κ2) is 4.24. The molecule has 0 heterocycles. The highest BCUT2D eigenvalue weighted by atomic mass is 16.1. The number of fused-ring (bicyclic) bond motifs is 1. The molecule has 0 spiro atoms. The summed E-state index contributed by atoms with van der Waals surface area (Å²) in [6.07, 6.45) is 5.44. The zero-order chi connectivity index (χ0) is 11.8. The SMILES string of the molecule is CC#CC(C)C1CCC2C(=O)CCCC21C. The minimum Gasteiger partial charge on any atom is -0.299 e. The summed E-state index contributed by atoms with van der Waals surface area (Å²) in [5.41, 5.74) is 0.249. The van der Waals surface area contributed by atoms with E-state index in [2.05, 4.69) is 25.7 Å². The normalized spacial score (nSPS) is 39.8. The van der Waals surface area contributed by atoms with Gasteiger partial charge in [-0.25, -0.2) is 0 Å². The van der Waals surface area contributed by atoms with Crippen molar-refractivity contribution in [1.29, 1.82) is 0 Å². The molecular weight excluding hydrogens is 196 g/mol. The Bertz CT molecular complexity index is 346. The number of carbonyl (C=O) groups is 1. The summed E-state index contributed by atoms with van der Waals surface area (Å²) in [5.74, 6) is 8.28. The highest BCUT2D eigenvalue weighted by molar-refractivity contribution is 5.83. The zero-order valence-corrected chi connectivity index (χ0v) is 10.7. The van der Waals surface area contributed by atoms with Crippen LogP contribution in [0, 0.1) is 35.0 Å². The Labute approximate surface area is 99.0 Å². The summed E-state index contributed by atoms with van der Waals surface area (Å²) < 4.78 is 0. The summed E-state index contributed by atoms with van der Waals surface area (Å²) in [6, 6.07) is 0. The molecule has 2 saturated carbocycles. The van der Waals surface area contributed by atoms with Gasteiger partial charge >= 0.3 is 0 Å². The van der Waals surface area contributed by atoms with Gasteiger partial charge in [-0.15, -0.1) is 11.8 Å². The molecule has 2 rings (SSSR count). The van der Waals surface area contributed by atoms with E-state index in [1.165, 1.54) is 12.8 Å². The third-order valence-corrected chi connectivity index (χ3v) is 4.91. The molecule has 0 aliphatic heterocycles. The second-order valence-electron chi connectivity index (χ2n) is 5.75. The van der Waals surface area contributed by atoms with E-state index < -0.39 is 0 Å². The van der Waals surface area contributed by atoms with Crippen molar-refractivity contribution >= 4 is 5.78 Å². The van der Waals surface area contributed by atoms with Crippen LogP contribution in [-0.4, -0.2) is 5.78 Å². The first kappa shape index (κ1) is 11.7. The Kier molecular flexibility index (Phi) is 3.10. The van der Waals surface area contributed by atoms with Crippen LogP contribution in [0.3, 0.4) is 0 Å². The molecule has 0 aromatic rings. The van der Waals surface area contributed by atoms with Crippen molar-refractivity contribution in [2.45, 2.75) is 52.9 Å². The van der Waals surface area contributed by atoms with Crippen LogP contribution in [0.2, 0.25) is 0 Å². The van der Waals surface area contributed by atoms with Crippen molar-refractivity contribution in [3.8, 4) is 11.8 Å². The molecular formula is C15H22O. The Morgan fingerprint density at radius 1 is 1.44 bits per heavy atom. The second-order valence-corrected chi connectivity index (χ2v) is 5.75. The van der Waals surface area contributed by atoms with Gasteiger partial charge in [-0.05, 0) is 43.9 Å². The monoisotopic (exact) mass is 218 g/mol. The van der Waals surface area contributed by atoms with E-state index in [0.29, 0.717) is 23.5 Å². The van der Waals surface area contributed by atoms with Crippen molar-refractivity contribution < 1.29 is 4.79 Å². The van der Waals surface area contributed by atoms with E-state index in [1.54, 1.807) is 0 Å². The van der Waals surface area contributed by atoms with Gasteiger partial charge in [-0.2, -0.15) is 0 Å². The molecule has 16 heavy (non-hydrogen) atoms. The first-order valence-electron chi connectivity index (χ1n) is 6.54. The number of ketones is 1. The summed E-state index contributed by atoms with van der Waals surface area (Å²) in [6.45, 7) is 6.48. The van der Waals surface area contributed by atoms with Gasteiger partial charge in [0.15, 0.2) is 0 Å². The summed E-state index contributed by atoms with van der Waals surface area (Å²) >= 11 is 0. The maximum atomic E-state index is 12.0. The molecule has 0 aromatic heterocycles. The van der Waals surface area contributed by atoms with Crippen LogP contribution in [0.5, 0.6) is 0 Å². The lowest BCUT2D eigenvalue weighted by Crippen LogP contribution is -2.39. The van der Waals surface area contributed by atoms with E-state index in [1.807, 2.05) is 6.92 Å². The predicted molar refractivity (Wildman–Crippen MR) is 65.8 cm³/mol. The van der Waals surface area contributed by atoms with Gasteiger partial charge in [-0.1, -0.05) is 13.8 Å². The fourth-order valence-electron chi connectivity index (χ4n) is 4.12. The van der Waals surface area contributed by atoms with Crippen LogP contribution in [0.25, 0.3) is 0 Å². The van der Waals surface area contributed by atoms with Gasteiger partial charge in [-0.3, -0.25) is 4.79 Å². The Morgan fingerprint density at radius 2 is 2.19 bits per heavy atom. The lowest BCUT2D eigenvalue weighted by Gasteiger charge is -2.41. The highest BCUT2D eigenvalue weighted by Crippen LogP contribution is 2.56. The Hall–Kier alpha value is -0.770. The predicted octanol–water partition coefficient (Wildman–Crippen LogP) is 3.43. The van der Waals surface area contributed by atoms with Crippen LogP contribution in [0.1, 0.15) is 52.9 Å². The fourth-order valence-corrected chi connectivity index (χ4v) is 4.12. The van der Waals surface area contributed by atoms with E-state index in [4.69, 9.17) is 0 Å². The summed E-state index contributed by atoms with van der Waals surface area (Å²) in [5, 5.41) is 0. The van der Waals surface area contributed by atoms with Gasteiger partial charge in [0.05, 0.1) is 0 Å². The molecule has 0 N–H and O–H groups in total. The third-order valence-electron chi connectivity index (χ3n) is 4.91. The third kappa shape index (κ3) is 1.69. The average Bonchev–Trinajstić information content (AvgIpc) is 2.57. The molecule has 88 valence electrons. The van der Waals surface area contributed by atoms with Crippen molar-refractivity contribution in [2.75, 3.05) is 0 Å². The van der Waals surface area contributed by atoms with Gasteiger partial charge in [0.25, 0.3) is 0 Å². The molecule has 0 aromatic carbocycles. The smallest absolute Gasteiger partial charge is 0.136 e. The standard InChI is InChI=1S/C15H22O/c1-4-6-11(2)12-8-9-13-14(16)7-5-10-15(12,13)3/h11-13H,5,7-10H2,1-3H3. The Balaban J connectivity index is 2.23. The average molecular weight is 218 g/mol. The molecule has 0 amide bonds. The van der Waals surface area contributed by atoms with E-state index in [0.717, 1.165) is 19.3 Å². The van der Waals surface area contributed by atoms with Crippen molar-refractivity contribution in [3.05, 3.63) is 0 Å². The van der Waals surface area contributed by atoms with Crippen LogP contribution in [0.4, 0.5) is 0 Å². The lowest BCUT2D eigenvalue weighted by molar-refractivity contribution is -0.129. The number of Topliss-reactive ketones (excluding diaryl/α,β-unsaturated/α-hetero) is 1. The zero-order valence-electron chi connectivity index (χ0n) is 10.7. The van der Waals surface area contributed by atoms with Crippen molar-refractivity contribution in [3.63, 3.8) is 0 Å². The van der Waals surface area contributed by atoms with Gasteiger partial charge in [0.1, 0.15) is 5.78 Å². The van der Waals surface area contributed by atoms with Gasteiger partial charge in [0, 0.05) is 18.3 Å². The Morgan fingerprint density at radius 3 is 2.88 bits per heavy atom. The van der Waals surface area contributed by atoms with E-state index in [9.17, 15) is 4.79 Å². The molecule has 2 aliphatic carbocycles. The number of rotatable bonds is 1. The number of hydrogen-bond donors (Lipinski definition) is 0. The lowest BCUT2D eigenvalue weighted by atomic mass is 9.62. The molecule has 2 aliphatic rings. The first-order chi connectivity index (χ1) is 7.59. The highest BCUT2D eigenvalue weighted by Gasteiger charge is 2.52. The minimum atomic E-state index is 0.249. The largest absolute Gasteiger partial charge is 0.299 e. The summed E-state index contributed by atoms with van der Waals surface area (Å²) in [7, 11) is 0. The number of hydrogen-bond acceptors (Lipinski definition) is 1. The van der Waals surface area contributed by atoms with Crippen LogP contribution in [-0.2, 0) is 4.79 Å². The van der Waals surface area contributed by atoms with Gasteiger partial charge in [0.2, 0.25) is 0 Å². The topological polar surface area (TPSA) is 17.1 Å². The van der Waals surface area contributed by atoms with E-state index >= 15 is 0 Å². The quantitative estimate of drug-likeness (QED) is 0.616. The van der Waals surface area contributed by atoms with Crippen molar-refractivity contribution in [2.24, 2.45) is 23.2 Å². The molecule has 0 radical (unpaired) electrons. The molecule has 4 atom stereocenters. The molecule has 2 fully saturated rings. The van der Waals surface area contributed by atoms with E-state index in [-0.39, 0.29) is 5.41 Å². The molecule has 0 saturated heterocycles. The van der Waals surface area contributed by atoms with Crippen LogP contribution in [0.15, 0.2) is 0 Å². The van der Waals surface area contributed by atoms with Crippen LogP contribution < -0.4 is 0 Å². The maximum Gasteiger partial charge on any atom is 0.136 e. The van der Waals surface area contributed by atoms with Crippen molar-refractivity contribution in [1.82, 2.24) is 0 Å². The number of carbonyl (C=O) groups excluding carboxylic acids is 1. The first-order valence-corrected chi connectivity index (χ1v) is 6.54. The van der Waals surface area contributed by atoms with Crippen LogP contribution >= 0.6 is 0 Å². The molecule has 1 heteroatoms. The summed E-state index contributed by atoms with van der Waals surface area (Å²) in [4.78, 5) is 12.0. The minimum absolute atomic E-state index is 0.249.